The van der Waals surface area contributed by atoms with Crippen LogP contribution in [0.4, 0.5) is 18.0 Å². The molecule has 1 aromatic carbocycles. The van der Waals surface area contributed by atoms with Crippen LogP contribution < -0.4 is 10.6 Å². The van der Waals surface area contributed by atoms with E-state index in [1.54, 1.807) is 11.8 Å². The standard InChI is InChI=1S/C17H21ClF3N3OS/c18-12-1-2-15-13(7-12)14(4-6-26-15)23-16(25)22-8-11-3-5-24(9-11)10-17(19,20)21/h1-2,7,11,14H,3-6,8-10H2,(H2,22,23,25). The molecule has 0 aromatic heterocycles. The third-order valence-electron chi connectivity index (χ3n) is 4.64. The lowest BCUT2D eigenvalue weighted by Gasteiger charge is -2.26. The average molecular weight is 408 g/mol. The van der Waals surface area contributed by atoms with Gasteiger partial charge in [0.1, 0.15) is 0 Å². The summed E-state index contributed by atoms with van der Waals surface area (Å²) in [6.07, 6.45) is -2.70. The summed E-state index contributed by atoms with van der Waals surface area (Å²) in [6.45, 7) is 0.272. The van der Waals surface area contributed by atoms with Crippen molar-refractivity contribution in [1.82, 2.24) is 15.5 Å². The van der Waals surface area contributed by atoms with Crippen LogP contribution in [0.1, 0.15) is 24.4 Å². The van der Waals surface area contributed by atoms with E-state index in [0.717, 1.165) is 22.6 Å². The Morgan fingerprint density at radius 2 is 2.15 bits per heavy atom. The van der Waals surface area contributed by atoms with Gasteiger partial charge in [-0.05, 0) is 49.1 Å². The fourth-order valence-corrected chi connectivity index (χ4v) is 4.72. The highest BCUT2D eigenvalue weighted by Crippen LogP contribution is 2.37. The summed E-state index contributed by atoms with van der Waals surface area (Å²) in [5.41, 5.74) is 1.01. The molecule has 2 heterocycles. The number of nitrogens with one attached hydrogen (secondary N) is 2. The van der Waals surface area contributed by atoms with Gasteiger partial charge in [-0.2, -0.15) is 13.2 Å². The fourth-order valence-electron chi connectivity index (χ4n) is 3.44. The van der Waals surface area contributed by atoms with Crippen molar-refractivity contribution in [2.45, 2.75) is 30.0 Å². The number of hydrogen-bond acceptors (Lipinski definition) is 3. The van der Waals surface area contributed by atoms with Gasteiger partial charge in [0.15, 0.2) is 0 Å². The maximum atomic E-state index is 12.4. The van der Waals surface area contributed by atoms with E-state index in [1.165, 1.54) is 4.90 Å². The van der Waals surface area contributed by atoms with Gasteiger partial charge in [-0.1, -0.05) is 11.6 Å². The molecule has 2 unspecified atom stereocenters. The quantitative estimate of drug-likeness (QED) is 0.791. The third-order valence-corrected chi connectivity index (χ3v) is 6.00. The molecular formula is C17H21ClF3N3OS. The monoisotopic (exact) mass is 407 g/mol. The minimum atomic E-state index is -4.17. The van der Waals surface area contributed by atoms with E-state index in [1.807, 2.05) is 18.2 Å². The van der Waals surface area contributed by atoms with Gasteiger partial charge in [0.05, 0.1) is 12.6 Å². The maximum Gasteiger partial charge on any atom is 0.401 e. The summed E-state index contributed by atoms with van der Waals surface area (Å²) in [5.74, 6) is 0.959. The highest BCUT2D eigenvalue weighted by Gasteiger charge is 2.34. The number of amides is 2. The highest BCUT2D eigenvalue weighted by molar-refractivity contribution is 7.99. The van der Waals surface area contributed by atoms with Crippen LogP contribution in [-0.4, -0.2) is 49.0 Å². The molecule has 0 bridgehead atoms. The molecule has 144 valence electrons. The minimum absolute atomic E-state index is 0.0479. The van der Waals surface area contributed by atoms with E-state index in [2.05, 4.69) is 10.6 Å². The number of rotatable bonds is 4. The van der Waals surface area contributed by atoms with Crippen LogP contribution in [0, 0.1) is 5.92 Å². The van der Waals surface area contributed by atoms with Crippen LogP contribution in [0.3, 0.4) is 0 Å². The first-order valence-electron chi connectivity index (χ1n) is 8.56. The molecule has 0 aliphatic carbocycles. The fraction of sp³-hybridized carbons (Fsp3) is 0.588. The maximum absolute atomic E-state index is 12.4. The largest absolute Gasteiger partial charge is 0.401 e. The van der Waals surface area contributed by atoms with Gasteiger partial charge >= 0.3 is 12.2 Å². The summed E-state index contributed by atoms with van der Waals surface area (Å²) in [7, 11) is 0. The van der Waals surface area contributed by atoms with Crippen LogP contribution in [-0.2, 0) is 0 Å². The van der Waals surface area contributed by atoms with Crippen LogP contribution >= 0.6 is 23.4 Å². The second-order valence-electron chi connectivity index (χ2n) is 6.73. The van der Waals surface area contributed by atoms with Crippen LogP contribution in [0.25, 0.3) is 0 Å². The molecule has 1 aromatic rings. The van der Waals surface area contributed by atoms with Crippen molar-refractivity contribution < 1.29 is 18.0 Å². The van der Waals surface area contributed by atoms with E-state index < -0.39 is 12.7 Å². The lowest BCUT2D eigenvalue weighted by atomic mass is 10.0. The van der Waals surface area contributed by atoms with Crippen molar-refractivity contribution in [3.8, 4) is 0 Å². The van der Waals surface area contributed by atoms with E-state index in [0.29, 0.717) is 31.1 Å². The van der Waals surface area contributed by atoms with Crippen molar-refractivity contribution in [3.63, 3.8) is 0 Å². The Kier molecular flexibility index (Phi) is 6.25. The molecule has 1 fully saturated rings. The Morgan fingerprint density at radius 3 is 2.92 bits per heavy atom. The molecule has 4 nitrogen and oxygen atoms in total. The highest BCUT2D eigenvalue weighted by atomic mass is 35.5. The summed E-state index contributed by atoms with van der Waals surface area (Å²) >= 11 is 7.80. The molecule has 9 heteroatoms. The predicted octanol–water partition coefficient (Wildman–Crippen LogP) is 4.06. The zero-order chi connectivity index (χ0) is 18.7. The molecular weight excluding hydrogens is 387 g/mol. The predicted molar refractivity (Wildman–Crippen MR) is 96.7 cm³/mol. The summed E-state index contributed by atoms with van der Waals surface area (Å²) in [4.78, 5) is 14.7. The van der Waals surface area contributed by atoms with Crippen molar-refractivity contribution in [1.29, 1.82) is 0 Å². The Labute approximate surface area is 159 Å². The van der Waals surface area contributed by atoms with Gasteiger partial charge < -0.3 is 10.6 Å². The molecule has 2 amide bonds. The molecule has 2 N–H and O–H groups in total. The number of benzene rings is 1. The first-order chi connectivity index (χ1) is 12.3. The van der Waals surface area contributed by atoms with Gasteiger partial charge in [-0.25, -0.2) is 4.79 Å². The molecule has 2 aliphatic rings. The van der Waals surface area contributed by atoms with Gasteiger partial charge in [0.2, 0.25) is 0 Å². The molecule has 1 saturated heterocycles. The molecule has 26 heavy (non-hydrogen) atoms. The van der Waals surface area contributed by atoms with Crippen LogP contribution in [0.5, 0.6) is 0 Å². The Bertz CT molecular complexity index is 659. The van der Waals surface area contributed by atoms with E-state index in [-0.39, 0.29) is 18.0 Å². The second kappa shape index (κ2) is 8.27. The summed E-state index contributed by atoms with van der Waals surface area (Å²) < 4.78 is 37.3. The molecule has 2 atom stereocenters. The zero-order valence-electron chi connectivity index (χ0n) is 14.1. The number of thioether (sulfide) groups is 1. The number of nitrogens with zero attached hydrogens (tertiary/aromatic N) is 1. The van der Waals surface area contributed by atoms with Crippen molar-refractivity contribution >= 4 is 29.4 Å². The first-order valence-corrected chi connectivity index (χ1v) is 9.92. The zero-order valence-corrected chi connectivity index (χ0v) is 15.7. The summed E-state index contributed by atoms with van der Waals surface area (Å²) in [6, 6.07) is 5.28. The minimum Gasteiger partial charge on any atom is -0.338 e. The number of hydrogen-bond donors (Lipinski definition) is 2. The smallest absolute Gasteiger partial charge is 0.338 e. The third kappa shape index (κ3) is 5.44. The molecule has 0 radical (unpaired) electrons. The Hall–Kier alpha value is -1.12. The van der Waals surface area contributed by atoms with E-state index in [4.69, 9.17) is 11.6 Å². The lowest BCUT2D eigenvalue weighted by molar-refractivity contribution is -0.143. The number of alkyl halides is 3. The lowest BCUT2D eigenvalue weighted by Crippen LogP contribution is -2.41. The summed E-state index contributed by atoms with van der Waals surface area (Å²) in [5, 5.41) is 6.40. The normalized spacial score (nSPS) is 23.5. The Balaban J connectivity index is 1.47. The SMILES string of the molecule is O=C(NCC1CCN(CC(F)(F)F)C1)NC1CCSc2ccc(Cl)cc21. The molecule has 0 spiro atoms. The van der Waals surface area contributed by atoms with Crippen molar-refractivity contribution in [2.24, 2.45) is 5.92 Å². The van der Waals surface area contributed by atoms with Gasteiger partial charge in [0.25, 0.3) is 0 Å². The number of carbonyl (C=O) groups is 1. The number of carbonyl (C=O) groups excluding carboxylic acids is 1. The number of fused-ring (bicyclic) bond motifs is 1. The Morgan fingerprint density at radius 1 is 1.35 bits per heavy atom. The molecule has 0 saturated carbocycles. The van der Waals surface area contributed by atoms with E-state index in [9.17, 15) is 18.0 Å². The number of urea groups is 1. The average Bonchev–Trinajstić information content (AvgIpc) is 2.99. The molecule has 2 aliphatic heterocycles. The number of halogens is 4. The van der Waals surface area contributed by atoms with Gasteiger partial charge in [-0.15, -0.1) is 11.8 Å². The second-order valence-corrected chi connectivity index (χ2v) is 8.30. The first kappa shape index (κ1) is 19.6. The topological polar surface area (TPSA) is 44.4 Å². The number of likely N-dealkylation sites (tertiary alicyclic amines) is 1. The van der Waals surface area contributed by atoms with Gasteiger partial charge in [0, 0.05) is 28.8 Å². The van der Waals surface area contributed by atoms with Gasteiger partial charge in [-0.3, -0.25) is 4.90 Å². The van der Waals surface area contributed by atoms with Crippen LogP contribution in [0.15, 0.2) is 23.1 Å². The van der Waals surface area contributed by atoms with Crippen molar-refractivity contribution in [3.05, 3.63) is 28.8 Å². The van der Waals surface area contributed by atoms with Crippen molar-refractivity contribution in [2.75, 3.05) is 31.9 Å². The van der Waals surface area contributed by atoms with Crippen LogP contribution in [0.2, 0.25) is 5.02 Å². The molecule has 3 rings (SSSR count). The van der Waals surface area contributed by atoms with E-state index >= 15 is 0 Å².